The van der Waals surface area contributed by atoms with E-state index < -0.39 is 0 Å². The summed E-state index contributed by atoms with van der Waals surface area (Å²) in [7, 11) is 0. The molecule has 0 radical (unpaired) electrons. The third kappa shape index (κ3) is 3.06. The van der Waals surface area contributed by atoms with Crippen LogP contribution in [0.5, 0.6) is 0 Å². The van der Waals surface area contributed by atoms with E-state index >= 15 is 0 Å². The molecule has 1 aliphatic heterocycles. The molecule has 16 heavy (non-hydrogen) atoms. The lowest BCUT2D eigenvalue weighted by molar-refractivity contribution is -0.122. The Morgan fingerprint density at radius 1 is 1.38 bits per heavy atom. The fourth-order valence-corrected chi connectivity index (χ4v) is 2.17. The summed E-state index contributed by atoms with van der Waals surface area (Å²) in [5, 5.41) is 2.93. The van der Waals surface area contributed by atoms with Gasteiger partial charge in [-0.15, -0.1) is 0 Å². The highest BCUT2D eigenvalue weighted by atomic mass is 79.9. The summed E-state index contributed by atoms with van der Waals surface area (Å²) in [6.07, 6.45) is 1.64. The predicted octanol–water partition coefficient (Wildman–Crippen LogP) is 2.81. The van der Waals surface area contributed by atoms with Crippen LogP contribution in [-0.2, 0) is 9.53 Å². The van der Waals surface area contributed by atoms with Crippen LogP contribution in [0.15, 0.2) is 28.7 Å². The maximum absolute atomic E-state index is 11.9. The molecular formula is C12H14BrNO2. The highest BCUT2D eigenvalue weighted by Gasteiger charge is 2.21. The van der Waals surface area contributed by atoms with Crippen LogP contribution >= 0.6 is 15.9 Å². The SMILES string of the molecule is O=C(Nc1cccc(Br)c1)C1CCOCC1. The minimum Gasteiger partial charge on any atom is -0.381 e. The molecule has 0 atom stereocenters. The van der Waals surface area contributed by atoms with E-state index in [0.717, 1.165) is 23.0 Å². The minimum absolute atomic E-state index is 0.0905. The first-order valence-corrected chi connectivity index (χ1v) is 6.19. The van der Waals surface area contributed by atoms with E-state index in [1.807, 2.05) is 24.3 Å². The smallest absolute Gasteiger partial charge is 0.227 e. The van der Waals surface area contributed by atoms with E-state index in [-0.39, 0.29) is 11.8 Å². The lowest BCUT2D eigenvalue weighted by atomic mass is 9.99. The first-order chi connectivity index (χ1) is 7.75. The predicted molar refractivity (Wildman–Crippen MR) is 66.3 cm³/mol. The van der Waals surface area contributed by atoms with Crippen molar-refractivity contribution in [1.82, 2.24) is 0 Å². The third-order valence-corrected chi connectivity index (χ3v) is 3.18. The summed E-state index contributed by atoms with van der Waals surface area (Å²) >= 11 is 3.38. The number of anilines is 1. The Morgan fingerprint density at radius 2 is 2.12 bits per heavy atom. The fourth-order valence-electron chi connectivity index (χ4n) is 1.77. The first-order valence-electron chi connectivity index (χ1n) is 5.40. The van der Waals surface area contributed by atoms with Gasteiger partial charge in [0.1, 0.15) is 0 Å². The van der Waals surface area contributed by atoms with Gasteiger partial charge in [0.15, 0.2) is 0 Å². The fraction of sp³-hybridized carbons (Fsp3) is 0.417. The van der Waals surface area contributed by atoms with E-state index in [1.54, 1.807) is 0 Å². The van der Waals surface area contributed by atoms with Crippen LogP contribution in [-0.4, -0.2) is 19.1 Å². The average Bonchev–Trinajstić information content (AvgIpc) is 2.30. The van der Waals surface area contributed by atoms with Crippen molar-refractivity contribution in [3.8, 4) is 0 Å². The van der Waals surface area contributed by atoms with Crippen molar-refractivity contribution in [2.45, 2.75) is 12.8 Å². The van der Waals surface area contributed by atoms with E-state index in [9.17, 15) is 4.79 Å². The van der Waals surface area contributed by atoms with Crippen LogP contribution in [0.4, 0.5) is 5.69 Å². The third-order valence-electron chi connectivity index (χ3n) is 2.68. The number of benzene rings is 1. The van der Waals surface area contributed by atoms with Gasteiger partial charge in [-0.2, -0.15) is 0 Å². The van der Waals surface area contributed by atoms with Crippen molar-refractivity contribution in [3.63, 3.8) is 0 Å². The zero-order valence-corrected chi connectivity index (χ0v) is 10.5. The van der Waals surface area contributed by atoms with Gasteiger partial charge in [-0.3, -0.25) is 4.79 Å². The number of hydrogen-bond donors (Lipinski definition) is 1. The highest BCUT2D eigenvalue weighted by Crippen LogP contribution is 2.19. The topological polar surface area (TPSA) is 38.3 Å². The molecule has 0 bridgehead atoms. The van der Waals surface area contributed by atoms with E-state index in [4.69, 9.17) is 4.74 Å². The van der Waals surface area contributed by atoms with Crippen molar-refractivity contribution in [2.75, 3.05) is 18.5 Å². The first kappa shape index (κ1) is 11.6. The molecule has 3 nitrogen and oxygen atoms in total. The second kappa shape index (κ2) is 5.46. The molecule has 1 heterocycles. The monoisotopic (exact) mass is 283 g/mol. The van der Waals surface area contributed by atoms with Crippen molar-refractivity contribution >= 4 is 27.5 Å². The van der Waals surface area contributed by atoms with Crippen LogP contribution < -0.4 is 5.32 Å². The minimum atomic E-state index is 0.0905. The molecule has 1 aromatic rings. The molecule has 1 aliphatic rings. The van der Waals surface area contributed by atoms with E-state index in [1.165, 1.54) is 0 Å². The van der Waals surface area contributed by atoms with Gasteiger partial charge in [0, 0.05) is 29.3 Å². The Bertz CT molecular complexity index is 375. The summed E-state index contributed by atoms with van der Waals surface area (Å²) in [5.74, 6) is 0.189. The number of rotatable bonds is 2. The van der Waals surface area contributed by atoms with E-state index in [2.05, 4.69) is 21.2 Å². The number of hydrogen-bond acceptors (Lipinski definition) is 2. The second-order valence-electron chi connectivity index (χ2n) is 3.89. The van der Waals surface area contributed by atoms with Crippen molar-refractivity contribution < 1.29 is 9.53 Å². The number of amides is 1. The summed E-state index contributed by atoms with van der Waals surface area (Å²) in [4.78, 5) is 11.9. The Morgan fingerprint density at radius 3 is 2.81 bits per heavy atom. The Balaban J connectivity index is 1.96. The van der Waals surface area contributed by atoms with Gasteiger partial charge in [0.05, 0.1) is 0 Å². The zero-order valence-electron chi connectivity index (χ0n) is 8.91. The summed E-state index contributed by atoms with van der Waals surface area (Å²) < 4.78 is 6.20. The van der Waals surface area contributed by atoms with Gasteiger partial charge < -0.3 is 10.1 Å². The van der Waals surface area contributed by atoms with Gasteiger partial charge in [-0.05, 0) is 31.0 Å². The molecule has 0 aromatic heterocycles. The average molecular weight is 284 g/mol. The number of carbonyl (C=O) groups is 1. The van der Waals surface area contributed by atoms with Crippen LogP contribution in [0.2, 0.25) is 0 Å². The van der Waals surface area contributed by atoms with Crippen molar-refractivity contribution in [3.05, 3.63) is 28.7 Å². The molecule has 0 spiro atoms. The number of halogens is 1. The van der Waals surface area contributed by atoms with Crippen LogP contribution in [0, 0.1) is 5.92 Å². The van der Waals surface area contributed by atoms with Crippen molar-refractivity contribution in [2.24, 2.45) is 5.92 Å². The zero-order chi connectivity index (χ0) is 11.4. The van der Waals surface area contributed by atoms with Gasteiger partial charge in [0.2, 0.25) is 5.91 Å². The molecule has 2 rings (SSSR count). The summed E-state index contributed by atoms with van der Waals surface area (Å²) in [5.41, 5.74) is 0.839. The number of ether oxygens (including phenoxy) is 1. The Labute approximate surface area is 103 Å². The standard InChI is InChI=1S/C12H14BrNO2/c13-10-2-1-3-11(8-10)14-12(15)9-4-6-16-7-5-9/h1-3,8-9H,4-7H2,(H,14,15). The lowest BCUT2D eigenvalue weighted by Crippen LogP contribution is -2.28. The summed E-state index contributed by atoms with van der Waals surface area (Å²) in [6, 6.07) is 7.63. The van der Waals surface area contributed by atoms with Gasteiger partial charge in [-0.1, -0.05) is 22.0 Å². The molecule has 0 unspecified atom stereocenters. The Kier molecular flexibility index (Phi) is 3.96. The molecule has 1 saturated heterocycles. The molecule has 1 N–H and O–H groups in total. The largest absolute Gasteiger partial charge is 0.381 e. The maximum atomic E-state index is 11.9. The molecule has 86 valence electrons. The molecule has 1 aromatic carbocycles. The van der Waals surface area contributed by atoms with Crippen LogP contribution in [0.25, 0.3) is 0 Å². The molecule has 1 amide bonds. The number of carbonyl (C=O) groups excluding carboxylic acids is 1. The maximum Gasteiger partial charge on any atom is 0.227 e. The second-order valence-corrected chi connectivity index (χ2v) is 4.80. The van der Waals surface area contributed by atoms with Crippen LogP contribution in [0.3, 0.4) is 0 Å². The molecular weight excluding hydrogens is 270 g/mol. The molecule has 0 saturated carbocycles. The van der Waals surface area contributed by atoms with Gasteiger partial charge in [-0.25, -0.2) is 0 Å². The molecule has 4 heteroatoms. The molecule has 1 fully saturated rings. The highest BCUT2D eigenvalue weighted by molar-refractivity contribution is 9.10. The quantitative estimate of drug-likeness (QED) is 0.907. The van der Waals surface area contributed by atoms with Crippen LogP contribution in [0.1, 0.15) is 12.8 Å². The molecule has 0 aliphatic carbocycles. The van der Waals surface area contributed by atoms with Crippen molar-refractivity contribution in [1.29, 1.82) is 0 Å². The Hall–Kier alpha value is -0.870. The number of nitrogens with one attached hydrogen (secondary N) is 1. The normalized spacial score (nSPS) is 17.1. The van der Waals surface area contributed by atoms with Gasteiger partial charge >= 0.3 is 0 Å². The lowest BCUT2D eigenvalue weighted by Gasteiger charge is -2.21. The summed E-state index contributed by atoms with van der Waals surface area (Å²) in [6.45, 7) is 1.38. The van der Waals surface area contributed by atoms with E-state index in [0.29, 0.717) is 13.2 Å². The van der Waals surface area contributed by atoms with Gasteiger partial charge in [0.25, 0.3) is 0 Å².